The van der Waals surface area contributed by atoms with Crippen molar-refractivity contribution in [3.8, 4) is 0 Å². The molecule has 126 valence electrons. The number of carbonyl (C=O) groups is 1. The number of para-hydroxylation sites is 2. The lowest BCUT2D eigenvalue weighted by molar-refractivity contribution is -0.122. The summed E-state index contributed by atoms with van der Waals surface area (Å²) in [5.74, 6) is 1.44. The van der Waals surface area contributed by atoms with Crippen molar-refractivity contribution in [3.05, 3.63) is 30.6 Å². The summed E-state index contributed by atoms with van der Waals surface area (Å²) in [4.78, 5) is 16.4. The monoisotopic (exact) mass is 343 g/mol. The fourth-order valence-electron chi connectivity index (χ4n) is 4.08. The number of hydrogen-bond donors (Lipinski definition) is 3. The van der Waals surface area contributed by atoms with Crippen LogP contribution in [0, 0.1) is 11.8 Å². The predicted molar refractivity (Wildman–Crippen MR) is 96.0 cm³/mol. The summed E-state index contributed by atoms with van der Waals surface area (Å²) >= 11 is 5.29. The Morgan fingerprint density at radius 1 is 1.25 bits per heavy atom. The number of hydrazine groups is 1. The summed E-state index contributed by atoms with van der Waals surface area (Å²) in [6.07, 6.45) is 6.85. The van der Waals surface area contributed by atoms with Gasteiger partial charge in [0, 0.05) is 6.04 Å². The minimum absolute atomic E-state index is 0.157. The van der Waals surface area contributed by atoms with Gasteiger partial charge in [0.25, 0.3) is 5.91 Å². The number of thiocarbonyl (C=S) groups is 1. The fraction of sp³-hybridized carbons (Fsp3) is 0.471. The third-order valence-corrected chi connectivity index (χ3v) is 5.43. The van der Waals surface area contributed by atoms with E-state index in [-0.39, 0.29) is 12.5 Å². The molecular formula is C17H21N5OS. The standard InChI is InChI=1S/C17H21N5OS/c23-16(9-22-10-18-13-3-1-2-4-15(13)22)20-21-17(24)19-14-8-11-5-6-12(14)7-11/h1-4,10-12,14H,5-9H2,(H,20,23)(H2,19,21,24)/t11-,12-,14-/m0/s1. The van der Waals surface area contributed by atoms with Crippen LogP contribution in [0.4, 0.5) is 0 Å². The second-order valence-electron chi connectivity index (χ2n) is 6.79. The van der Waals surface area contributed by atoms with Gasteiger partial charge < -0.3 is 9.88 Å². The Bertz CT molecular complexity index is 773. The van der Waals surface area contributed by atoms with Gasteiger partial charge in [0.15, 0.2) is 5.11 Å². The Hall–Kier alpha value is -2.15. The Morgan fingerprint density at radius 3 is 2.92 bits per heavy atom. The molecule has 0 saturated heterocycles. The van der Waals surface area contributed by atoms with Crippen LogP contribution in [0.25, 0.3) is 11.0 Å². The number of fused-ring (bicyclic) bond motifs is 3. The molecule has 1 heterocycles. The third-order valence-electron chi connectivity index (χ3n) is 5.21. The number of rotatable bonds is 3. The molecule has 24 heavy (non-hydrogen) atoms. The number of nitrogens with zero attached hydrogens (tertiary/aromatic N) is 2. The maximum Gasteiger partial charge on any atom is 0.258 e. The van der Waals surface area contributed by atoms with Gasteiger partial charge in [0.2, 0.25) is 0 Å². The lowest BCUT2D eigenvalue weighted by atomic mass is 9.96. The van der Waals surface area contributed by atoms with Crippen molar-refractivity contribution in [3.63, 3.8) is 0 Å². The normalized spacial score (nSPS) is 24.9. The van der Waals surface area contributed by atoms with Crippen molar-refractivity contribution in [1.82, 2.24) is 25.7 Å². The number of imidazole rings is 1. The number of carbonyl (C=O) groups excluding carboxylic acids is 1. The zero-order valence-electron chi connectivity index (χ0n) is 13.4. The van der Waals surface area contributed by atoms with Crippen LogP contribution in [0.3, 0.4) is 0 Å². The van der Waals surface area contributed by atoms with E-state index in [0.717, 1.165) is 22.9 Å². The van der Waals surface area contributed by atoms with Gasteiger partial charge in [-0.15, -0.1) is 0 Å². The van der Waals surface area contributed by atoms with Crippen LogP contribution in [-0.4, -0.2) is 26.6 Å². The van der Waals surface area contributed by atoms with E-state index in [1.54, 1.807) is 6.33 Å². The average Bonchev–Trinajstić information content (AvgIpc) is 3.29. The van der Waals surface area contributed by atoms with Crippen molar-refractivity contribution in [2.45, 2.75) is 38.3 Å². The molecule has 6 nitrogen and oxygen atoms in total. The molecule has 0 unspecified atom stereocenters. The quantitative estimate of drug-likeness (QED) is 0.585. The molecule has 3 atom stereocenters. The van der Waals surface area contributed by atoms with Crippen LogP contribution < -0.4 is 16.2 Å². The van der Waals surface area contributed by atoms with Crippen molar-refractivity contribution in [1.29, 1.82) is 0 Å². The first-order valence-electron chi connectivity index (χ1n) is 8.44. The summed E-state index contributed by atoms with van der Waals surface area (Å²) in [7, 11) is 0. The second-order valence-corrected chi connectivity index (χ2v) is 7.20. The van der Waals surface area contributed by atoms with Gasteiger partial charge in [-0.25, -0.2) is 4.98 Å². The zero-order chi connectivity index (χ0) is 16.5. The van der Waals surface area contributed by atoms with Gasteiger partial charge in [0.1, 0.15) is 6.54 Å². The van der Waals surface area contributed by atoms with Crippen LogP contribution in [0.5, 0.6) is 0 Å². The van der Waals surface area contributed by atoms with Gasteiger partial charge in [-0.1, -0.05) is 18.6 Å². The molecule has 0 aliphatic heterocycles. The lowest BCUT2D eigenvalue weighted by Gasteiger charge is -2.24. The molecule has 3 N–H and O–H groups in total. The second kappa shape index (κ2) is 6.39. The molecule has 0 spiro atoms. The summed E-state index contributed by atoms with van der Waals surface area (Å²) in [6, 6.07) is 8.20. The maximum absolute atomic E-state index is 12.1. The highest BCUT2D eigenvalue weighted by atomic mass is 32.1. The smallest absolute Gasteiger partial charge is 0.258 e. The predicted octanol–water partition coefficient (Wildman–Crippen LogP) is 1.72. The van der Waals surface area contributed by atoms with Gasteiger partial charge in [-0.2, -0.15) is 0 Å². The molecular weight excluding hydrogens is 322 g/mol. The molecule has 0 radical (unpaired) electrons. The largest absolute Gasteiger partial charge is 0.358 e. The highest BCUT2D eigenvalue weighted by molar-refractivity contribution is 7.80. The van der Waals surface area contributed by atoms with Crippen LogP contribution in [0.1, 0.15) is 25.7 Å². The molecule has 2 aromatic rings. The first kappa shape index (κ1) is 15.4. The van der Waals surface area contributed by atoms with Gasteiger partial charge >= 0.3 is 0 Å². The molecule has 2 bridgehead atoms. The van der Waals surface area contributed by atoms with E-state index in [2.05, 4.69) is 21.2 Å². The highest BCUT2D eigenvalue weighted by Crippen LogP contribution is 2.44. The Balaban J connectivity index is 1.26. The van der Waals surface area contributed by atoms with Crippen LogP contribution in [0.2, 0.25) is 0 Å². The number of benzene rings is 1. The molecule has 1 aromatic heterocycles. The first-order chi connectivity index (χ1) is 11.7. The molecule has 2 fully saturated rings. The van der Waals surface area contributed by atoms with Gasteiger partial charge in [-0.3, -0.25) is 15.6 Å². The van der Waals surface area contributed by atoms with E-state index in [1.165, 1.54) is 25.7 Å². The number of aromatic nitrogens is 2. The van der Waals surface area contributed by atoms with Crippen molar-refractivity contribution < 1.29 is 4.79 Å². The zero-order valence-corrected chi connectivity index (χ0v) is 14.2. The Morgan fingerprint density at radius 2 is 2.12 bits per heavy atom. The summed E-state index contributed by atoms with van der Waals surface area (Å²) < 4.78 is 1.82. The highest BCUT2D eigenvalue weighted by Gasteiger charge is 2.39. The molecule has 7 heteroatoms. The van der Waals surface area contributed by atoms with E-state index >= 15 is 0 Å². The fourth-order valence-corrected chi connectivity index (χ4v) is 4.29. The summed E-state index contributed by atoms with van der Waals surface area (Å²) in [5.41, 5.74) is 7.30. The summed E-state index contributed by atoms with van der Waals surface area (Å²) in [5, 5.41) is 3.84. The van der Waals surface area contributed by atoms with Crippen molar-refractivity contribution >= 4 is 34.3 Å². The Kier molecular flexibility index (Phi) is 4.10. The SMILES string of the molecule is O=C(Cn1cnc2ccccc21)NNC(=S)N[C@H]1C[C@H]2CC[C@H]1C2. The van der Waals surface area contributed by atoms with Gasteiger partial charge in [-0.05, 0) is 55.4 Å². The minimum atomic E-state index is -0.157. The van der Waals surface area contributed by atoms with Crippen LogP contribution in [0.15, 0.2) is 30.6 Å². The van der Waals surface area contributed by atoms with Crippen molar-refractivity contribution in [2.75, 3.05) is 0 Å². The van der Waals surface area contributed by atoms with E-state index in [1.807, 2.05) is 28.8 Å². The molecule has 1 aromatic carbocycles. The number of hydrogen-bond acceptors (Lipinski definition) is 3. The van der Waals surface area contributed by atoms with E-state index in [9.17, 15) is 4.79 Å². The van der Waals surface area contributed by atoms with Gasteiger partial charge in [0.05, 0.1) is 17.4 Å². The maximum atomic E-state index is 12.1. The topological polar surface area (TPSA) is 71.0 Å². The summed E-state index contributed by atoms with van der Waals surface area (Å²) in [6.45, 7) is 0.199. The number of nitrogens with one attached hydrogen (secondary N) is 3. The molecule has 2 aliphatic carbocycles. The lowest BCUT2D eigenvalue weighted by Crippen LogP contribution is -2.51. The third kappa shape index (κ3) is 3.08. The average molecular weight is 343 g/mol. The minimum Gasteiger partial charge on any atom is -0.358 e. The van der Waals surface area contributed by atoms with E-state index in [4.69, 9.17) is 12.2 Å². The van der Waals surface area contributed by atoms with E-state index in [0.29, 0.717) is 11.2 Å². The molecule has 1 amide bonds. The van der Waals surface area contributed by atoms with Crippen LogP contribution in [-0.2, 0) is 11.3 Å². The van der Waals surface area contributed by atoms with E-state index < -0.39 is 0 Å². The number of amides is 1. The van der Waals surface area contributed by atoms with Crippen molar-refractivity contribution in [2.24, 2.45) is 11.8 Å². The Labute approximate surface area is 146 Å². The van der Waals surface area contributed by atoms with Crippen LogP contribution >= 0.6 is 12.2 Å². The molecule has 2 saturated carbocycles. The first-order valence-corrected chi connectivity index (χ1v) is 8.85. The molecule has 4 rings (SSSR count). The molecule has 2 aliphatic rings.